The van der Waals surface area contributed by atoms with Gasteiger partial charge in [0.15, 0.2) is 0 Å². The molecule has 0 spiro atoms. The smallest absolute Gasteiger partial charge is 0.408 e. The van der Waals surface area contributed by atoms with Crippen LogP contribution in [0.25, 0.3) is 0 Å². The highest BCUT2D eigenvalue weighted by Gasteiger charge is 2.42. The Morgan fingerprint density at radius 2 is 0.707 bits per heavy atom. The molecule has 0 bridgehead atoms. The number of Topliss-reactive ketones (excluding diaryl/α,β-unsaturated/α-hetero) is 3. The van der Waals surface area contributed by atoms with Crippen molar-refractivity contribution in [3.63, 3.8) is 0 Å². The number of halogens is 15. The highest BCUT2D eigenvalue weighted by atomic mass is 35.5. The van der Waals surface area contributed by atoms with Gasteiger partial charge in [-0.25, -0.2) is 18.0 Å². The molecule has 5 amide bonds. The maximum Gasteiger partial charge on any atom is 0.408 e. The van der Waals surface area contributed by atoms with Crippen molar-refractivity contribution in [2.45, 2.75) is 106 Å². The Kier molecular flexibility index (Phi) is 27.1. The van der Waals surface area contributed by atoms with Crippen molar-refractivity contribution in [1.82, 2.24) is 29.7 Å². The number of carbonyl (C=O) groups excluding carboxylic acids is 8. The third-order valence-corrected chi connectivity index (χ3v) is 14.4. The first kappa shape index (κ1) is 79.3. The summed E-state index contributed by atoms with van der Waals surface area (Å²) in [4.78, 5) is 109. The van der Waals surface area contributed by atoms with Gasteiger partial charge < -0.3 is 51.1 Å². The molecule has 34 heteroatoms. The molecule has 0 aliphatic carbocycles. The summed E-state index contributed by atoms with van der Waals surface area (Å²) in [5.74, 6) is -12.4. The van der Waals surface area contributed by atoms with Crippen LogP contribution >= 0.6 is 34.8 Å². The van der Waals surface area contributed by atoms with Crippen molar-refractivity contribution in [2.75, 3.05) is 16.4 Å². The minimum Gasteiger partial charge on any atom is -0.478 e. The number of rotatable bonds is 14. The number of nitrogens with one attached hydrogen (secondary N) is 5. The van der Waals surface area contributed by atoms with Crippen LogP contribution in [0.15, 0.2) is 54.6 Å². The summed E-state index contributed by atoms with van der Waals surface area (Å²) < 4.78 is 156. The van der Waals surface area contributed by atoms with Crippen molar-refractivity contribution < 1.29 is 101 Å². The number of nitrogens with two attached hydrogens (primary N) is 1. The van der Waals surface area contributed by atoms with Gasteiger partial charge in [0.05, 0.1) is 48.8 Å². The molecule has 92 heavy (non-hydrogen) atoms. The van der Waals surface area contributed by atoms with E-state index in [0.717, 1.165) is 12.1 Å². The van der Waals surface area contributed by atoms with Crippen molar-refractivity contribution in [1.29, 1.82) is 0 Å². The number of nitrogen functional groups attached to an aromatic ring is 1. The molecular weight excluding hydrogens is 1320 g/mol. The van der Waals surface area contributed by atoms with Gasteiger partial charge in [0, 0.05) is 55.3 Å². The largest absolute Gasteiger partial charge is 0.478 e. The molecule has 502 valence electrons. The third-order valence-electron chi connectivity index (χ3n) is 13.5. The van der Waals surface area contributed by atoms with E-state index in [9.17, 15) is 95.8 Å². The quantitative estimate of drug-likeness (QED) is 0.0233. The average Bonchev–Trinajstić information content (AvgIpc) is 1.65. The van der Waals surface area contributed by atoms with Crippen LogP contribution in [0, 0.1) is 59.0 Å². The average molecular weight is 1380 g/mol. The zero-order valence-electron chi connectivity index (χ0n) is 49.6. The first-order chi connectivity index (χ1) is 41.6. The van der Waals surface area contributed by atoms with Crippen LogP contribution in [-0.4, -0.2) is 108 Å². The number of hydrogen-bond acceptors (Lipinski definition) is 10. The first-order valence-electron chi connectivity index (χ1n) is 25.8. The summed E-state index contributed by atoms with van der Waals surface area (Å²) in [7, 11) is 4.17. The Morgan fingerprint density at radius 1 is 0.457 bits per heavy atom. The molecule has 0 saturated carbocycles. The lowest BCUT2D eigenvalue weighted by Gasteiger charge is -2.16. The molecule has 3 aromatic heterocycles. The van der Waals surface area contributed by atoms with Crippen LogP contribution in [0.2, 0.25) is 15.1 Å². The van der Waals surface area contributed by atoms with Gasteiger partial charge >= 0.3 is 24.5 Å². The molecule has 0 saturated heterocycles. The Morgan fingerprint density at radius 3 is 0.935 bits per heavy atom. The molecule has 6 aromatic rings. The second-order valence-corrected chi connectivity index (χ2v) is 21.0. The molecule has 0 unspecified atom stereocenters. The van der Waals surface area contributed by atoms with Gasteiger partial charge in [0.1, 0.15) is 35.6 Å². The monoisotopic (exact) mass is 1380 g/mol. The van der Waals surface area contributed by atoms with E-state index in [1.54, 1.807) is 16.0 Å². The van der Waals surface area contributed by atoms with Gasteiger partial charge in [0.25, 0.3) is 46.9 Å². The number of amides is 5. The number of anilines is 3. The van der Waals surface area contributed by atoms with Crippen molar-refractivity contribution >= 4 is 105 Å². The fraction of sp³-hybridized carbons (Fsp3) is 0.328. The van der Waals surface area contributed by atoms with Crippen LogP contribution in [0.3, 0.4) is 0 Å². The number of benzene rings is 3. The van der Waals surface area contributed by atoms with Crippen molar-refractivity contribution in [3.05, 3.63) is 155 Å². The molecule has 3 heterocycles. The summed E-state index contributed by atoms with van der Waals surface area (Å²) in [5.41, 5.74) is 6.50. The second kappa shape index (κ2) is 31.5. The zero-order chi connectivity index (χ0) is 70.2. The lowest BCUT2D eigenvalue weighted by Crippen LogP contribution is -2.46. The maximum atomic E-state index is 13.3. The van der Waals surface area contributed by atoms with E-state index in [4.69, 9.17) is 45.6 Å². The molecule has 0 radical (unpaired) electrons. The van der Waals surface area contributed by atoms with Gasteiger partial charge in [-0.2, -0.15) is 39.5 Å². The molecule has 3 aromatic carbocycles. The number of carboxylic acid groups (broad SMARTS) is 1. The predicted octanol–water partition coefficient (Wildman–Crippen LogP) is 12.2. The lowest BCUT2D eigenvalue weighted by atomic mass is 10.1. The molecule has 8 N–H and O–H groups in total. The Hall–Kier alpha value is -8.84. The summed E-state index contributed by atoms with van der Waals surface area (Å²) >= 11 is 16.7. The van der Waals surface area contributed by atoms with E-state index in [1.165, 1.54) is 119 Å². The summed E-state index contributed by atoms with van der Waals surface area (Å²) in [6.45, 7) is 10.7. The highest BCUT2D eigenvalue weighted by Crippen LogP contribution is 2.29. The van der Waals surface area contributed by atoms with Gasteiger partial charge in [-0.15, -0.1) is 0 Å². The normalized spacial score (nSPS) is 12.1. The van der Waals surface area contributed by atoms with Crippen LogP contribution in [0.5, 0.6) is 0 Å². The molecule has 0 aliphatic heterocycles. The molecule has 6 rings (SSSR count). The van der Waals surface area contributed by atoms with Crippen LogP contribution in [0.4, 0.5) is 69.7 Å². The fourth-order valence-electron chi connectivity index (χ4n) is 8.28. The van der Waals surface area contributed by atoms with Gasteiger partial charge in [-0.05, 0) is 134 Å². The van der Waals surface area contributed by atoms with Crippen molar-refractivity contribution in [2.24, 2.45) is 21.1 Å². The Labute approximate surface area is 531 Å². The number of aromatic carboxylic acids is 1. The number of alkyl halides is 9. The number of carboxylic acids is 1. The van der Waals surface area contributed by atoms with Gasteiger partial charge in [-0.3, -0.25) is 38.4 Å². The fourth-order valence-corrected chi connectivity index (χ4v) is 8.83. The molecule has 0 fully saturated rings. The molecule has 3 atom stereocenters. The number of ketones is 3. The van der Waals surface area contributed by atoms with Crippen LogP contribution in [0.1, 0.15) is 125 Å². The number of aromatic nitrogens is 3. The Bertz CT molecular complexity index is 3690. The van der Waals surface area contributed by atoms with Crippen LogP contribution < -0.4 is 32.3 Å². The number of carbonyl (C=O) groups is 9. The molecule has 19 nitrogen and oxygen atoms in total. The third kappa shape index (κ3) is 19.4. The summed E-state index contributed by atoms with van der Waals surface area (Å²) in [5, 5.41) is 18.5. The molecular formula is C58H60Cl3F12N9O10. The standard InChI is InChI=1S/2C19H18ClF4N3O3.C13H15F3N2O4.C6H5ClFN.CH4/c2*1-8-14(17(29)26-11-5-6-13(21)12(20)7-11)9(2)27(4)15(8)16(28)18(30)25-10(3)19(22,23)24;1-5-8(12(21)22)6(2)18(4)9(5)10(19)11(20)17-7(3)13(14,15)16;7-5-3-4(9)1-2-6(5)8;/h2*5-7,10H,1-4H3,(H,25,30)(H,26,29);7H,1-4H3,(H,17,20)(H,21,22);1-3H,9H2;1H4/t2*10-;7-;;/m000../s1. The van der Waals surface area contributed by atoms with E-state index in [1.807, 2.05) is 0 Å². The summed E-state index contributed by atoms with van der Waals surface area (Å²) in [6.07, 6.45) is -14.1. The van der Waals surface area contributed by atoms with Gasteiger partial charge in [0.2, 0.25) is 0 Å². The topological polar surface area (TPSA) is 275 Å². The minimum atomic E-state index is -4.71. The first-order valence-corrected chi connectivity index (χ1v) is 26.9. The van der Waals surface area contributed by atoms with Crippen molar-refractivity contribution in [3.8, 4) is 0 Å². The Balaban J connectivity index is 0.000000441. The van der Waals surface area contributed by atoms with E-state index in [2.05, 4.69) is 10.6 Å². The SMILES string of the molecule is C.Cc1c(C(=O)Nc2ccc(F)c(Cl)c2)c(C)n(C)c1C(=O)C(=O)N[C@@H](C)C(F)(F)F.Cc1c(C(=O)Nc2ccc(F)c(Cl)c2)c(C)n(C)c1C(=O)C(=O)N[C@@H](C)C(F)(F)F.Cc1c(C(=O)O)c(C)n(C)c1C(=O)C(=O)N[C@@H](C)C(F)(F)F.Nc1ccc(F)c(Cl)c1. The predicted molar refractivity (Wildman–Crippen MR) is 317 cm³/mol. The minimum absolute atomic E-state index is 0. The zero-order valence-corrected chi connectivity index (χ0v) is 51.9. The lowest BCUT2D eigenvalue weighted by molar-refractivity contribution is -0.156. The van der Waals surface area contributed by atoms with E-state index < -0.39 is 107 Å². The van der Waals surface area contributed by atoms with Crippen LogP contribution in [-0.2, 0) is 35.5 Å². The number of nitrogens with zero attached hydrogens (tertiary/aromatic N) is 3. The van der Waals surface area contributed by atoms with E-state index >= 15 is 0 Å². The van der Waals surface area contributed by atoms with E-state index in [0.29, 0.717) is 37.8 Å². The van der Waals surface area contributed by atoms with Gasteiger partial charge in [-0.1, -0.05) is 42.2 Å². The number of hydrogen-bond donors (Lipinski definition) is 7. The van der Waals surface area contributed by atoms with E-state index in [-0.39, 0.29) is 90.0 Å². The maximum absolute atomic E-state index is 13.3. The molecule has 0 aliphatic rings. The highest BCUT2D eigenvalue weighted by molar-refractivity contribution is 6.44. The summed E-state index contributed by atoms with van der Waals surface area (Å²) in [6, 6.07) is 4.51. The second-order valence-electron chi connectivity index (χ2n) is 19.8.